The van der Waals surface area contributed by atoms with Crippen LogP contribution in [0.25, 0.3) is 0 Å². The number of nitrogens with zero attached hydrogens (tertiary/aromatic N) is 1. The van der Waals surface area contributed by atoms with E-state index in [4.69, 9.17) is 5.11 Å². The molecule has 0 spiro atoms. The van der Waals surface area contributed by atoms with Gasteiger partial charge in [-0.05, 0) is 37.0 Å². The summed E-state index contributed by atoms with van der Waals surface area (Å²) in [5.41, 5.74) is 2.00. The van der Waals surface area contributed by atoms with Gasteiger partial charge in [0.1, 0.15) is 0 Å². The van der Waals surface area contributed by atoms with Gasteiger partial charge in [0.25, 0.3) is 0 Å². The molecule has 1 atom stereocenters. The molecule has 2 N–H and O–H groups in total. The van der Waals surface area contributed by atoms with Gasteiger partial charge in [-0.25, -0.2) is 4.79 Å². The Balaban J connectivity index is 1.92. The molecule has 2 amide bonds. The zero-order valence-electron chi connectivity index (χ0n) is 12.3. The predicted molar refractivity (Wildman–Crippen MR) is 81.4 cm³/mol. The summed E-state index contributed by atoms with van der Waals surface area (Å²) in [7, 11) is 0. The summed E-state index contributed by atoms with van der Waals surface area (Å²) in [6.07, 6.45) is 3.50. The van der Waals surface area contributed by atoms with Crippen molar-refractivity contribution in [2.45, 2.75) is 32.6 Å². The van der Waals surface area contributed by atoms with Crippen LogP contribution in [0.15, 0.2) is 24.3 Å². The standard InChI is InChI=1S/C16H22N2O3/c1-2-4-12-6-8-14(9-7-12)17-16(21)18-10-3-5-13(11-18)15(19)20/h6-9,13H,2-5,10-11H2,1H3,(H,17,21)(H,19,20)/t13-/m1/s1. The van der Waals surface area contributed by atoms with E-state index in [9.17, 15) is 9.59 Å². The van der Waals surface area contributed by atoms with Crippen LogP contribution in [0.4, 0.5) is 10.5 Å². The molecule has 1 saturated heterocycles. The Morgan fingerprint density at radius 3 is 2.67 bits per heavy atom. The number of hydrogen-bond donors (Lipinski definition) is 2. The number of piperidine rings is 1. The van der Waals surface area contributed by atoms with E-state index in [1.54, 1.807) is 4.90 Å². The van der Waals surface area contributed by atoms with Gasteiger partial charge in [-0.1, -0.05) is 25.5 Å². The van der Waals surface area contributed by atoms with Crippen LogP contribution in [0.2, 0.25) is 0 Å². The summed E-state index contributed by atoms with van der Waals surface area (Å²) in [5.74, 6) is -1.27. The molecule has 0 saturated carbocycles. The molecular formula is C16H22N2O3. The average molecular weight is 290 g/mol. The molecule has 5 nitrogen and oxygen atoms in total. The zero-order chi connectivity index (χ0) is 15.2. The van der Waals surface area contributed by atoms with Crippen molar-refractivity contribution in [2.75, 3.05) is 18.4 Å². The van der Waals surface area contributed by atoms with Crippen LogP contribution >= 0.6 is 0 Å². The fraction of sp³-hybridized carbons (Fsp3) is 0.500. The number of carboxylic acid groups (broad SMARTS) is 1. The Bertz CT molecular complexity index is 499. The van der Waals surface area contributed by atoms with E-state index < -0.39 is 11.9 Å². The topological polar surface area (TPSA) is 69.6 Å². The number of amides is 2. The van der Waals surface area contributed by atoms with Crippen LogP contribution in [0.1, 0.15) is 31.7 Å². The summed E-state index contributed by atoms with van der Waals surface area (Å²) < 4.78 is 0. The maximum absolute atomic E-state index is 12.2. The highest BCUT2D eigenvalue weighted by Gasteiger charge is 2.28. The van der Waals surface area contributed by atoms with Gasteiger partial charge in [0.15, 0.2) is 0 Å². The number of carbonyl (C=O) groups is 2. The summed E-state index contributed by atoms with van der Waals surface area (Å²) >= 11 is 0. The van der Waals surface area contributed by atoms with Crippen molar-refractivity contribution in [2.24, 2.45) is 5.92 Å². The zero-order valence-corrected chi connectivity index (χ0v) is 12.3. The van der Waals surface area contributed by atoms with Gasteiger partial charge in [0.05, 0.1) is 5.92 Å². The second-order valence-electron chi connectivity index (χ2n) is 5.50. The van der Waals surface area contributed by atoms with E-state index >= 15 is 0 Å². The highest BCUT2D eigenvalue weighted by Crippen LogP contribution is 2.18. The van der Waals surface area contributed by atoms with Crippen molar-refractivity contribution >= 4 is 17.7 Å². The second kappa shape index (κ2) is 7.11. The number of rotatable bonds is 4. The number of aryl methyl sites for hydroxylation is 1. The lowest BCUT2D eigenvalue weighted by Gasteiger charge is -2.30. The molecule has 0 bridgehead atoms. The van der Waals surface area contributed by atoms with Gasteiger partial charge in [-0.3, -0.25) is 4.79 Å². The Morgan fingerprint density at radius 2 is 2.05 bits per heavy atom. The molecule has 1 fully saturated rings. The van der Waals surface area contributed by atoms with Crippen molar-refractivity contribution in [3.05, 3.63) is 29.8 Å². The van der Waals surface area contributed by atoms with Crippen LogP contribution in [0.5, 0.6) is 0 Å². The van der Waals surface area contributed by atoms with Crippen molar-refractivity contribution in [1.82, 2.24) is 4.90 Å². The highest BCUT2D eigenvalue weighted by molar-refractivity contribution is 5.89. The molecule has 0 radical (unpaired) electrons. The molecule has 0 unspecified atom stereocenters. The Kier molecular flexibility index (Phi) is 5.20. The number of nitrogens with one attached hydrogen (secondary N) is 1. The normalized spacial score (nSPS) is 18.3. The molecule has 1 heterocycles. The van der Waals surface area contributed by atoms with Crippen LogP contribution in [0, 0.1) is 5.92 Å². The maximum atomic E-state index is 12.2. The number of carboxylic acids is 1. The number of urea groups is 1. The minimum atomic E-state index is -0.823. The monoisotopic (exact) mass is 290 g/mol. The average Bonchev–Trinajstić information content (AvgIpc) is 2.49. The van der Waals surface area contributed by atoms with Gasteiger partial charge >= 0.3 is 12.0 Å². The van der Waals surface area contributed by atoms with Crippen LogP contribution in [0.3, 0.4) is 0 Å². The van der Waals surface area contributed by atoms with E-state index in [2.05, 4.69) is 12.2 Å². The molecule has 2 rings (SSSR count). The number of benzene rings is 1. The molecule has 1 aromatic rings. The second-order valence-corrected chi connectivity index (χ2v) is 5.50. The van der Waals surface area contributed by atoms with Gasteiger partial charge in [-0.15, -0.1) is 0 Å². The van der Waals surface area contributed by atoms with E-state index in [0.717, 1.165) is 24.9 Å². The maximum Gasteiger partial charge on any atom is 0.321 e. The molecule has 1 aromatic carbocycles. The fourth-order valence-electron chi connectivity index (χ4n) is 2.61. The fourth-order valence-corrected chi connectivity index (χ4v) is 2.61. The summed E-state index contributed by atoms with van der Waals surface area (Å²) in [4.78, 5) is 24.8. The lowest BCUT2D eigenvalue weighted by molar-refractivity contribution is -0.143. The number of carbonyl (C=O) groups excluding carboxylic acids is 1. The van der Waals surface area contributed by atoms with E-state index in [-0.39, 0.29) is 12.6 Å². The molecule has 21 heavy (non-hydrogen) atoms. The first-order valence-electron chi connectivity index (χ1n) is 7.48. The lowest BCUT2D eigenvalue weighted by atomic mass is 9.99. The van der Waals surface area contributed by atoms with Crippen LogP contribution in [-0.2, 0) is 11.2 Å². The van der Waals surface area contributed by atoms with E-state index in [1.165, 1.54) is 5.56 Å². The quantitative estimate of drug-likeness (QED) is 0.895. The van der Waals surface area contributed by atoms with Crippen molar-refractivity contribution < 1.29 is 14.7 Å². The first-order valence-corrected chi connectivity index (χ1v) is 7.48. The van der Waals surface area contributed by atoms with Crippen molar-refractivity contribution in [3.8, 4) is 0 Å². The minimum absolute atomic E-state index is 0.218. The molecule has 1 aliphatic heterocycles. The Hall–Kier alpha value is -2.04. The first-order chi connectivity index (χ1) is 10.1. The van der Waals surface area contributed by atoms with E-state index in [0.29, 0.717) is 13.0 Å². The predicted octanol–water partition coefficient (Wildman–Crippen LogP) is 2.97. The first kappa shape index (κ1) is 15.4. The Labute approximate surface area is 125 Å². The summed E-state index contributed by atoms with van der Waals surface area (Å²) in [5, 5.41) is 11.9. The molecule has 114 valence electrons. The minimum Gasteiger partial charge on any atom is -0.481 e. The van der Waals surface area contributed by atoms with Gasteiger partial charge in [-0.2, -0.15) is 0 Å². The van der Waals surface area contributed by atoms with Crippen LogP contribution < -0.4 is 5.32 Å². The smallest absolute Gasteiger partial charge is 0.321 e. The number of hydrogen-bond acceptors (Lipinski definition) is 2. The SMILES string of the molecule is CCCc1ccc(NC(=O)N2CCC[C@@H](C(=O)O)C2)cc1. The summed E-state index contributed by atoms with van der Waals surface area (Å²) in [6, 6.07) is 7.58. The lowest BCUT2D eigenvalue weighted by Crippen LogP contribution is -2.44. The van der Waals surface area contributed by atoms with Crippen molar-refractivity contribution in [1.29, 1.82) is 0 Å². The number of anilines is 1. The van der Waals surface area contributed by atoms with E-state index in [1.807, 2.05) is 24.3 Å². The number of likely N-dealkylation sites (tertiary alicyclic amines) is 1. The molecular weight excluding hydrogens is 268 g/mol. The third-order valence-electron chi connectivity index (χ3n) is 3.80. The third-order valence-corrected chi connectivity index (χ3v) is 3.80. The van der Waals surface area contributed by atoms with Gasteiger partial charge in [0, 0.05) is 18.8 Å². The van der Waals surface area contributed by atoms with Gasteiger partial charge in [0.2, 0.25) is 0 Å². The van der Waals surface area contributed by atoms with Crippen LogP contribution in [-0.4, -0.2) is 35.1 Å². The molecule has 1 aliphatic rings. The van der Waals surface area contributed by atoms with Gasteiger partial charge < -0.3 is 15.3 Å². The third kappa shape index (κ3) is 4.21. The Morgan fingerprint density at radius 1 is 1.33 bits per heavy atom. The highest BCUT2D eigenvalue weighted by atomic mass is 16.4. The molecule has 0 aliphatic carbocycles. The summed E-state index contributed by atoms with van der Waals surface area (Å²) in [6.45, 7) is 3.03. The van der Waals surface area contributed by atoms with Crippen molar-refractivity contribution in [3.63, 3.8) is 0 Å². The largest absolute Gasteiger partial charge is 0.481 e. The number of aliphatic carboxylic acids is 1. The molecule has 5 heteroatoms. The molecule has 0 aromatic heterocycles.